The second-order valence-corrected chi connectivity index (χ2v) is 9.28. The van der Waals surface area contributed by atoms with Gasteiger partial charge in [-0.2, -0.15) is 5.10 Å². The molecular weight excluding hydrogens is 464 g/mol. The predicted molar refractivity (Wildman–Crippen MR) is 139 cm³/mol. The number of anilines is 1. The van der Waals surface area contributed by atoms with Gasteiger partial charge in [-0.05, 0) is 43.0 Å². The number of aromatic nitrogens is 4. The summed E-state index contributed by atoms with van der Waals surface area (Å²) in [5.74, 6) is 3.03. The van der Waals surface area contributed by atoms with Crippen molar-refractivity contribution in [3.8, 4) is 11.5 Å². The van der Waals surface area contributed by atoms with E-state index in [0.717, 1.165) is 52.8 Å². The van der Waals surface area contributed by atoms with Crippen molar-refractivity contribution in [1.29, 1.82) is 0 Å². The van der Waals surface area contributed by atoms with Crippen LogP contribution in [0.3, 0.4) is 0 Å². The van der Waals surface area contributed by atoms with Gasteiger partial charge in [0.1, 0.15) is 5.82 Å². The van der Waals surface area contributed by atoms with Crippen LogP contribution in [0.2, 0.25) is 0 Å². The summed E-state index contributed by atoms with van der Waals surface area (Å²) in [6.07, 6.45) is 8.52. The Balaban J connectivity index is 1.42. The molecule has 1 aliphatic rings. The Bertz CT molecular complexity index is 1190. The van der Waals surface area contributed by atoms with Crippen LogP contribution in [0.1, 0.15) is 31.7 Å². The third-order valence-corrected chi connectivity index (χ3v) is 6.81. The van der Waals surface area contributed by atoms with Crippen LogP contribution in [0, 0.1) is 0 Å². The van der Waals surface area contributed by atoms with Gasteiger partial charge in [-0.1, -0.05) is 24.8 Å². The molecule has 0 unspecified atom stereocenters. The number of rotatable bonds is 11. The molecule has 2 aromatic heterocycles. The average molecular weight is 497 g/mol. The standard InChI is InChI=1S/C25H32N6O3S/c1-4-15-35-25-28-23(30-12-5-6-13-30)19-17-27-31(24(19)29-25)14-11-26-22(32)10-8-18-7-9-20(33-2)21(16-18)34-3/h7-10,16-17H,4-6,11-15H2,1-3H3,(H,26,32)/b10-8-. The Hall–Kier alpha value is -3.27. The van der Waals surface area contributed by atoms with Crippen LogP contribution < -0.4 is 19.7 Å². The Kier molecular flexibility index (Phi) is 8.46. The van der Waals surface area contributed by atoms with E-state index in [2.05, 4.69) is 22.2 Å². The first-order valence-electron chi connectivity index (χ1n) is 11.9. The Morgan fingerprint density at radius 2 is 1.97 bits per heavy atom. The van der Waals surface area contributed by atoms with E-state index in [4.69, 9.17) is 19.4 Å². The zero-order chi connectivity index (χ0) is 24.6. The number of amides is 1. The summed E-state index contributed by atoms with van der Waals surface area (Å²) in [7, 11) is 3.18. The van der Waals surface area contributed by atoms with Crippen LogP contribution >= 0.6 is 11.8 Å². The lowest BCUT2D eigenvalue weighted by Gasteiger charge is -2.18. The molecule has 9 nitrogen and oxygen atoms in total. The van der Waals surface area contributed by atoms with Crippen LogP contribution in [0.4, 0.5) is 5.82 Å². The molecule has 1 aromatic carbocycles. The van der Waals surface area contributed by atoms with E-state index in [9.17, 15) is 4.79 Å². The summed E-state index contributed by atoms with van der Waals surface area (Å²) in [6, 6.07) is 5.50. The number of fused-ring (bicyclic) bond motifs is 1. The fourth-order valence-corrected chi connectivity index (χ4v) is 4.67. The van der Waals surface area contributed by atoms with Gasteiger partial charge in [0.05, 0.1) is 32.3 Å². The molecule has 1 amide bonds. The van der Waals surface area contributed by atoms with Crippen molar-refractivity contribution in [3.63, 3.8) is 0 Å². The van der Waals surface area contributed by atoms with Crippen molar-refractivity contribution in [2.24, 2.45) is 0 Å². The van der Waals surface area contributed by atoms with E-state index in [1.165, 1.54) is 18.9 Å². The molecule has 0 atom stereocenters. The minimum Gasteiger partial charge on any atom is -0.493 e. The number of nitrogens with one attached hydrogen (secondary N) is 1. The van der Waals surface area contributed by atoms with Crippen LogP contribution in [0.5, 0.6) is 11.5 Å². The highest BCUT2D eigenvalue weighted by atomic mass is 32.2. The number of hydrogen-bond acceptors (Lipinski definition) is 8. The van der Waals surface area contributed by atoms with Gasteiger partial charge >= 0.3 is 0 Å². The fourth-order valence-electron chi connectivity index (χ4n) is 3.98. The van der Waals surface area contributed by atoms with E-state index in [1.807, 2.05) is 29.1 Å². The molecule has 3 aromatic rings. The molecule has 35 heavy (non-hydrogen) atoms. The zero-order valence-electron chi connectivity index (χ0n) is 20.5. The van der Waals surface area contributed by atoms with Gasteiger partial charge in [-0.25, -0.2) is 14.6 Å². The maximum absolute atomic E-state index is 12.4. The number of thioether (sulfide) groups is 1. The first kappa shape index (κ1) is 24.8. The molecule has 1 saturated heterocycles. The summed E-state index contributed by atoms with van der Waals surface area (Å²) in [6.45, 7) is 5.13. The Morgan fingerprint density at radius 3 is 2.71 bits per heavy atom. The SMILES string of the molecule is CCCSc1nc(N2CCCC2)c2cnn(CCNC(=O)/C=C\c3ccc(OC)c(OC)c3)c2n1. The lowest BCUT2D eigenvalue weighted by atomic mass is 10.2. The molecule has 1 aliphatic heterocycles. The predicted octanol–water partition coefficient (Wildman–Crippen LogP) is 3.78. The summed E-state index contributed by atoms with van der Waals surface area (Å²) in [5, 5.41) is 9.23. The fraction of sp³-hybridized carbons (Fsp3) is 0.440. The number of carbonyl (C=O) groups is 1. The molecule has 10 heteroatoms. The van der Waals surface area contributed by atoms with E-state index >= 15 is 0 Å². The summed E-state index contributed by atoms with van der Waals surface area (Å²) >= 11 is 1.67. The van der Waals surface area contributed by atoms with Gasteiger partial charge in [0, 0.05) is 31.5 Å². The third-order valence-electron chi connectivity index (χ3n) is 5.75. The minimum absolute atomic E-state index is 0.178. The molecule has 0 radical (unpaired) electrons. The molecule has 1 fully saturated rings. The number of methoxy groups -OCH3 is 2. The van der Waals surface area contributed by atoms with Gasteiger partial charge < -0.3 is 19.7 Å². The molecule has 186 valence electrons. The minimum atomic E-state index is -0.178. The smallest absolute Gasteiger partial charge is 0.244 e. The topological polar surface area (TPSA) is 94.4 Å². The van der Waals surface area contributed by atoms with Crippen molar-refractivity contribution in [1.82, 2.24) is 25.1 Å². The maximum atomic E-state index is 12.4. The molecule has 0 saturated carbocycles. The van der Waals surface area contributed by atoms with Gasteiger partial charge in [-0.3, -0.25) is 4.79 Å². The van der Waals surface area contributed by atoms with E-state index < -0.39 is 0 Å². The van der Waals surface area contributed by atoms with Crippen molar-refractivity contribution in [2.45, 2.75) is 37.9 Å². The lowest BCUT2D eigenvalue weighted by molar-refractivity contribution is -0.116. The monoisotopic (exact) mass is 496 g/mol. The zero-order valence-corrected chi connectivity index (χ0v) is 21.3. The first-order valence-corrected chi connectivity index (χ1v) is 12.9. The number of carbonyl (C=O) groups excluding carboxylic acids is 1. The highest BCUT2D eigenvalue weighted by Gasteiger charge is 2.20. The largest absolute Gasteiger partial charge is 0.493 e. The molecule has 0 bridgehead atoms. The number of hydrogen-bond donors (Lipinski definition) is 1. The average Bonchev–Trinajstić information content (AvgIpc) is 3.56. The maximum Gasteiger partial charge on any atom is 0.244 e. The highest BCUT2D eigenvalue weighted by molar-refractivity contribution is 7.99. The van der Waals surface area contributed by atoms with Crippen molar-refractivity contribution < 1.29 is 14.3 Å². The lowest BCUT2D eigenvalue weighted by Crippen LogP contribution is -2.26. The van der Waals surface area contributed by atoms with E-state index in [1.54, 1.807) is 32.1 Å². The second-order valence-electron chi connectivity index (χ2n) is 8.22. The van der Waals surface area contributed by atoms with Crippen LogP contribution in [0.15, 0.2) is 35.6 Å². The summed E-state index contributed by atoms with van der Waals surface area (Å²) in [4.78, 5) is 24.3. The normalized spacial score (nSPS) is 13.6. The van der Waals surface area contributed by atoms with Crippen molar-refractivity contribution >= 4 is 40.6 Å². The van der Waals surface area contributed by atoms with Gasteiger partial charge in [0.15, 0.2) is 22.3 Å². The number of benzene rings is 1. The van der Waals surface area contributed by atoms with E-state index in [-0.39, 0.29) is 5.91 Å². The first-order chi connectivity index (χ1) is 17.1. The molecular formula is C25H32N6O3S. The van der Waals surface area contributed by atoms with Crippen molar-refractivity contribution in [3.05, 3.63) is 36.0 Å². The van der Waals surface area contributed by atoms with Gasteiger partial charge in [-0.15, -0.1) is 0 Å². The van der Waals surface area contributed by atoms with Crippen molar-refractivity contribution in [2.75, 3.05) is 44.5 Å². The summed E-state index contributed by atoms with van der Waals surface area (Å²) in [5.41, 5.74) is 1.66. The summed E-state index contributed by atoms with van der Waals surface area (Å²) < 4.78 is 12.4. The number of nitrogens with zero attached hydrogens (tertiary/aromatic N) is 5. The van der Waals surface area contributed by atoms with Gasteiger partial charge in [0.25, 0.3) is 0 Å². The van der Waals surface area contributed by atoms with Gasteiger partial charge in [0.2, 0.25) is 5.91 Å². The molecule has 1 N–H and O–H groups in total. The quantitative estimate of drug-likeness (QED) is 0.244. The Morgan fingerprint density at radius 1 is 1.17 bits per heavy atom. The molecule has 0 spiro atoms. The van der Waals surface area contributed by atoms with Crippen LogP contribution in [-0.2, 0) is 11.3 Å². The van der Waals surface area contributed by atoms with E-state index in [0.29, 0.717) is 24.6 Å². The van der Waals surface area contributed by atoms with Crippen LogP contribution in [0.25, 0.3) is 17.1 Å². The molecule has 4 rings (SSSR count). The van der Waals surface area contributed by atoms with Crippen LogP contribution in [-0.4, -0.2) is 65.3 Å². The Labute approximate surface area is 209 Å². The number of ether oxygens (including phenoxy) is 2. The molecule has 3 heterocycles. The molecule has 0 aliphatic carbocycles. The highest BCUT2D eigenvalue weighted by Crippen LogP contribution is 2.30. The third kappa shape index (κ3) is 6.05. The second kappa shape index (κ2) is 11.9.